The number of fused-ring (bicyclic) bond motifs is 1. The molecule has 1 aromatic heterocycles. The number of methoxy groups -OCH3 is 1. The van der Waals surface area contributed by atoms with Crippen LogP contribution in [0, 0.1) is 25.2 Å². The van der Waals surface area contributed by atoms with E-state index in [1.165, 1.54) is 0 Å². The summed E-state index contributed by atoms with van der Waals surface area (Å²) in [5.41, 5.74) is 4.21. The molecule has 31 heavy (non-hydrogen) atoms. The number of hydrogen-bond donors (Lipinski definition) is 1. The summed E-state index contributed by atoms with van der Waals surface area (Å²) in [7, 11) is 1.63. The van der Waals surface area contributed by atoms with Gasteiger partial charge in [-0.25, -0.2) is 0 Å². The molecule has 0 radical (unpaired) electrons. The molecular weight excluding hydrogens is 394 g/mol. The van der Waals surface area contributed by atoms with Gasteiger partial charge in [0, 0.05) is 28.8 Å². The lowest BCUT2D eigenvalue weighted by Gasteiger charge is -2.10. The van der Waals surface area contributed by atoms with E-state index in [1.54, 1.807) is 31.4 Å². The van der Waals surface area contributed by atoms with Gasteiger partial charge in [-0.3, -0.25) is 4.79 Å². The van der Waals surface area contributed by atoms with Gasteiger partial charge in [-0.15, -0.1) is 0 Å². The number of rotatable bonds is 5. The second-order valence-corrected chi connectivity index (χ2v) is 7.05. The molecule has 156 valence electrons. The Morgan fingerprint density at radius 3 is 2.58 bits per heavy atom. The van der Waals surface area contributed by atoms with Crippen LogP contribution in [0.5, 0.6) is 17.2 Å². The minimum Gasteiger partial charge on any atom is -0.497 e. The molecule has 0 aliphatic carbocycles. The lowest BCUT2D eigenvalue weighted by molar-refractivity contribution is -0.112. The van der Waals surface area contributed by atoms with E-state index in [1.807, 2.05) is 50.2 Å². The molecule has 2 aromatic carbocycles. The maximum atomic E-state index is 12.7. The fourth-order valence-corrected chi connectivity index (χ4v) is 3.54. The molecule has 4 rings (SSSR count). The standard InChI is InChI=1S/C24H21N3O4/c1-15-10-17(16(2)27(15)20-5-7-21(29-3)8-6-20)11-18(13-25)24(28)26-19-4-9-22-23(12-19)31-14-30-22/h4-12H,14H2,1-3H3,(H,26,28)/b18-11+. The average Bonchev–Trinajstić information content (AvgIpc) is 3.35. The molecule has 2 heterocycles. The Labute approximate surface area is 180 Å². The second-order valence-electron chi connectivity index (χ2n) is 7.05. The number of carbonyl (C=O) groups is 1. The molecule has 0 unspecified atom stereocenters. The SMILES string of the molecule is COc1ccc(-n2c(C)cc(/C=C(\C#N)C(=O)Nc3ccc4c(c3)OCO4)c2C)cc1. The van der Waals surface area contributed by atoms with E-state index in [-0.39, 0.29) is 12.4 Å². The molecule has 0 fully saturated rings. The number of nitriles is 1. The zero-order valence-corrected chi connectivity index (χ0v) is 17.4. The van der Waals surface area contributed by atoms with Crippen LogP contribution in [-0.2, 0) is 4.79 Å². The number of aryl methyl sites for hydroxylation is 1. The first-order valence-corrected chi connectivity index (χ1v) is 9.66. The fraction of sp³-hybridized carbons (Fsp3) is 0.167. The number of carbonyl (C=O) groups excluding carboxylic acids is 1. The van der Waals surface area contributed by atoms with Crippen LogP contribution in [0.4, 0.5) is 5.69 Å². The molecule has 1 aliphatic heterocycles. The summed E-state index contributed by atoms with van der Waals surface area (Å²) in [4.78, 5) is 12.7. The maximum absolute atomic E-state index is 12.7. The van der Waals surface area contributed by atoms with E-state index in [2.05, 4.69) is 9.88 Å². The number of benzene rings is 2. The van der Waals surface area contributed by atoms with Crippen molar-refractivity contribution in [3.05, 3.63) is 71.1 Å². The number of hydrogen-bond acceptors (Lipinski definition) is 5. The average molecular weight is 415 g/mol. The van der Waals surface area contributed by atoms with Crippen LogP contribution in [0.25, 0.3) is 11.8 Å². The van der Waals surface area contributed by atoms with Gasteiger partial charge in [0.2, 0.25) is 6.79 Å². The monoisotopic (exact) mass is 415 g/mol. The summed E-state index contributed by atoms with van der Waals surface area (Å²) in [6, 6.07) is 16.8. The number of amides is 1. The van der Waals surface area contributed by atoms with Gasteiger partial charge < -0.3 is 24.1 Å². The highest BCUT2D eigenvalue weighted by Gasteiger charge is 2.17. The van der Waals surface area contributed by atoms with Crippen molar-refractivity contribution in [1.29, 1.82) is 5.26 Å². The van der Waals surface area contributed by atoms with E-state index in [9.17, 15) is 10.1 Å². The summed E-state index contributed by atoms with van der Waals surface area (Å²) >= 11 is 0. The molecule has 3 aromatic rings. The molecule has 7 heteroatoms. The lowest BCUT2D eigenvalue weighted by Crippen LogP contribution is -2.13. The van der Waals surface area contributed by atoms with E-state index in [4.69, 9.17) is 14.2 Å². The Bertz CT molecular complexity index is 1220. The van der Waals surface area contributed by atoms with Crippen molar-refractivity contribution < 1.29 is 19.0 Å². The van der Waals surface area contributed by atoms with Gasteiger partial charge in [-0.2, -0.15) is 5.26 Å². The first-order valence-electron chi connectivity index (χ1n) is 9.66. The summed E-state index contributed by atoms with van der Waals surface area (Å²) in [5, 5.41) is 12.3. The molecular formula is C24H21N3O4. The van der Waals surface area contributed by atoms with Gasteiger partial charge in [0.1, 0.15) is 17.4 Å². The third-order valence-corrected chi connectivity index (χ3v) is 5.10. The van der Waals surface area contributed by atoms with Crippen molar-refractivity contribution in [2.75, 3.05) is 19.2 Å². The van der Waals surface area contributed by atoms with E-state index >= 15 is 0 Å². The normalized spacial score (nSPS) is 12.4. The molecule has 0 atom stereocenters. The van der Waals surface area contributed by atoms with Crippen molar-refractivity contribution >= 4 is 17.7 Å². The van der Waals surface area contributed by atoms with Crippen molar-refractivity contribution in [2.24, 2.45) is 0 Å². The Hall–Kier alpha value is -4.18. The quantitative estimate of drug-likeness (QED) is 0.494. The van der Waals surface area contributed by atoms with Crippen LogP contribution in [0.15, 0.2) is 54.1 Å². The van der Waals surface area contributed by atoms with E-state index < -0.39 is 5.91 Å². The largest absolute Gasteiger partial charge is 0.497 e. The Balaban J connectivity index is 1.60. The summed E-state index contributed by atoms with van der Waals surface area (Å²) in [5.74, 6) is 1.47. The molecule has 0 saturated carbocycles. The maximum Gasteiger partial charge on any atom is 0.266 e. The smallest absolute Gasteiger partial charge is 0.266 e. The molecule has 7 nitrogen and oxygen atoms in total. The van der Waals surface area contributed by atoms with Crippen LogP contribution in [0.2, 0.25) is 0 Å². The Morgan fingerprint density at radius 1 is 1.13 bits per heavy atom. The fourth-order valence-electron chi connectivity index (χ4n) is 3.54. The number of aromatic nitrogens is 1. The first kappa shape index (κ1) is 20.1. The van der Waals surface area contributed by atoms with Gasteiger partial charge in [0.15, 0.2) is 11.5 Å². The minimum absolute atomic E-state index is 0.00708. The van der Waals surface area contributed by atoms with Crippen molar-refractivity contribution in [3.8, 4) is 29.0 Å². The highest BCUT2D eigenvalue weighted by molar-refractivity contribution is 6.09. The Kier molecular flexibility index (Phi) is 5.37. The first-order chi connectivity index (χ1) is 15.0. The van der Waals surface area contributed by atoms with Crippen molar-refractivity contribution in [1.82, 2.24) is 4.57 Å². The van der Waals surface area contributed by atoms with Gasteiger partial charge in [0.25, 0.3) is 5.91 Å². The summed E-state index contributed by atoms with van der Waals surface area (Å²) in [6.45, 7) is 4.08. The van der Waals surface area contributed by atoms with Crippen molar-refractivity contribution in [3.63, 3.8) is 0 Å². The predicted octanol–water partition coefficient (Wildman–Crippen LogP) is 4.38. The molecule has 0 spiro atoms. The molecule has 1 N–H and O–H groups in total. The highest BCUT2D eigenvalue weighted by atomic mass is 16.7. The highest BCUT2D eigenvalue weighted by Crippen LogP contribution is 2.34. The molecule has 1 amide bonds. The van der Waals surface area contributed by atoms with E-state index in [0.717, 1.165) is 28.4 Å². The van der Waals surface area contributed by atoms with Gasteiger partial charge in [-0.1, -0.05) is 0 Å². The third kappa shape index (κ3) is 3.96. The molecule has 0 bridgehead atoms. The zero-order valence-electron chi connectivity index (χ0n) is 17.4. The lowest BCUT2D eigenvalue weighted by atomic mass is 10.1. The van der Waals surface area contributed by atoms with Gasteiger partial charge >= 0.3 is 0 Å². The number of anilines is 1. The number of nitrogens with zero attached hydrogens (tertiary/aromatic N) is 2. The summed E-state index contributed by atoms with van der Waals surface area (Å²) < 4.78 is 17.9. The van der Waals surface area contributed by atoms with Crippen LogP contribution in [0.3, 0.4) is 0 Å². The van der Waals surface area contributed by atoms with Gasteiger partial charge in [0.05, 0.1) is 7.11 Å². The van der Waals surface area contributed by atoms with Crippen LogP contribution in [0.1, 0.15) is 17.0 Å². The van der Waals surface area contributed by atoms with Crippen LogP contribution in [-0.4, -0.2) is 24.4 Å². The zero-order chi connectivity index (χ0) is 22.0. The van der Waals surface area contributed by atoms with Crippen LogP contribution < -0.4 is 19.5 Å². The second kappa shape index (κ2) is 8.28. The number of ether oxygens (including phenoxy) is 3. The van der Waals surface area contributed by atoms with Crippen molar-refractivity contribution in [2.45, 2.75) is 13.8 Å². The Morgan fingerprint density at radius 2 is 1.87 bits per heavy atom. The van der Waals surface area contributed by atoms with E-state index in [0.29, 0.717) is 17.2 Å². The summed E-state index contributed by atoms with van der Waals surface area (Å²) in [6.07, 6.45) is 1.60. The third-order valence-electron chi connectivity index (χ3n) is 5.10. The minimum atomic E-state index is -0.490. The topological polar surface area (TPSA) is 85.5 Å². The predicted molar refractivity (Wildman–Crippen MR) is 117 cm³/mol. The molecule has 1 aliphatic rings. The number of nitrogens with one attached hydrogen (secondary N) is 1. The van der Waals surface area contributed by atoms with Crippen LogP contribution >= 0.6 is 0 Å². The van der Waals surface area contributed by atoms with Gasteiger partial charge in [-0.05, 0) is 68.0 Å². The molecule has 0 saturated heterocycles.